The Hall–Kier alpha value is -6.02. The second-order valence-corrected chi connectivity index (χ2v) is 10.8. The van der Waals surface area contributed by atoms with Gasteiger partial charge in [-0.3, -0.25) is 0 Å². The van der Waals surface area contributed by atoms with E-state index in [9.17, 15) is 0 Å². The van der Waals surface area contributed by atoms with E-state index in [1.54, 1.807) is 0 Å². The number of hydrogen-bond donors (Lipinski definition) is 0. The number of aromatic nitrogens is 8. The van der Waals surface area contributed by atoms with Crippen LogP contribution < -0.4 is 0 Å². The highest BCUT2D eigenvalue weighted by Crippen LogP contribution is 2.33. The number of fused-ring (bicyclic) bond motifs is 9. The van der Waals surface area contributed by atoms with E-state index >= 15 is 0 Å². The summed E-state index contributed by atoms with van der Waals surface area (Å²) in [5, 5.41) is 28.7. The number of benzene rings is 5. The molecule has 0 saturated heterocycles. The van der Waals surface area contributed by atoms with Crippen LogP contribution in [-0.2, 0) is 0 Å². The Bertz CT molecular complexity index is 2430. The van der Waals surface area contributed by atoms with Gasteiger partial charge >= 0.3 is 0 Å². The van der Waals surface area contributed by atoms with Gasteiger partial charge in [0.15, 0.2) is 16.9 Å². The molecule has 8 heteroatoms. The Balaban J connectivity index is 1.18. The van der Waals surface area contributed by atoms with Crippen LogP contribution in [0.25, 0.3) is 98.3 Å². The Kier molecular flexibility index (Phi) is 4.04. The van der Waals surface area contributed by atoms with E-state index < -0.39 is 0 Å². The van der Waals surface area contributed by atoms with Gasteiger partial charge in [-0.1, -0.05) is 24.3 Å². The smallest absolute Gasteiger partial charge is 0.206 e. The fourth-order valence-electron chi connectivity index (χ4n) is 6.15. The van der Waals surface area contributed by atoms with E-state index in [1.165, 1.54) is 37.7 Å². The summed E-state index contributed by atoms with van der Waals surface area (Å²) in [6.07, 6.45) is 0. The first kappa shape index (κ1) is 21.8. The molecule has 0 amide bonds. The number of hydrogen-bond acceptors (Lipinski definition) is 8. The quantitative estimate of drug-likeness (QED) is 0.187. The fourth-order valence-corrected chi connectivity index (χ4v) is 6.15. The molecule has 0 fully saturated rings. The van der Waals surface area contributed by atoms with Crippen LogP contribution in [0.5, 0.6) is 0 Å². The van der Waals surface area contributed by atoms with E-state index in [0.717, 1.165) is 32.4 Å². The molecule has 10 aromatic rings. The minimum atomic E-state index is 0.398. The number of rotatable bonds is 0. The molecule has 0 aliphatic heterocycles. The van der Waals surface area contributed by atoms with Crippen LogP contribution in [0.3, 0.4) is 0 Å². The molecule has 5 heterocycles. The largest absolute Gasteiger partial charge is 0.228 e. The molecule has 0 spiro atoms. The van der Waals surface area contributed by atoms with Gasteiger partial charge in [0.25, 0.3) is 0 Å². The highest BCUT2D eigenvalue weighted by Gasteiger charge is 2.11. The standard InChI is InChI=1S/C34H16N8/c1-2-4-18-6-20-8-22-10-24-15-29-25(11-23(24)9-21(22)7-19(20)5-17(18)3-1)12-26-13-27-14-28-16-30-34(40-42-41-39-30)38-33(28)37-32(27)36-31(26)35-29/h1-16H. The molecule has 0 bridgehead atoms. The highest BCUT2D eigenvalue weighted by molar-refractivity contribution is 6.11. The van der Waals surface area contributed by atoms with Crippen molar-refractivity contribution in [2.75, 3.05) is 0 Å². The summed E-state index contributed by atoms with van der Waals surface area (Å²) in [6.45, 7) is 0. The summed E-state index contributed by atoms with van der Waals surface area (Å²) in [7, 11) is 0. The third-order valence-corrected chi connectivity index (χ3v) is 8.18. The van der Waals surface area contributed by atoms with Gasteiger partial charge in [0.1, 0.15) is 5.52 Å². The molecule has 5 aromatic heterocycles. The molecule has 5 aromatic carbocycles. The van der Waals surface area contributed by atoms with Gasteiger partial charge < -0.3 is 0 Å². The summed E-state index contributed by atoms with van der Waals surface area (Å²) >= 11 is 0. The van der Waals surface area contributed by atoms with Crippen LogP contribution in [0.2, 0.25) is 0 Å². The zero-order valence-electron chi connectivity index (χ0n) is 21.8. The maximum atomic E-state index is 4.96. The van der Waals surface area contributed by atoms with Crippen molar-refractivity contribution < 1.29 is 0 Å². The molecule has 42 heavy (non-hydrogen) atoms. The fraction of sp³-hybridized carbons (Fsp3) is 0. The van der Waals surface area contributed by atoms with E-state index in [-0.39, 0.29) is 0 Å². The van der Waals surface area contributed by atoms with Gasteiger partial charge in [-0.25, -0.2) is 19.9 Å². The lowest BCUT2D eigenvalue weighted by atomic mass is 9.97. The van der Waals surface area contributed by atoms with Crippen molar-refractivity contribution in [1.82, 2.24) is 40.6 Å². The minimum absolute atomic E-state index is 0.398. The summed E-state index contributed by atoms with van der Waals surface area (Å²) in [5.41, 5.74) is 3.62. The topological polar surface area (TPSA) is 103 Å². The van der Waals surface area contributed by atoms with Crippen molar-refractivity contribution in [3.05, 3.63) is 97.1 Å². The molecular formula is C34H16N8. The SMILES string of the molecule is c1ccc2cc3cc4cc5cc6nc7nc8nc9nc%10nnnnc%10cc9cc8cc7cc6cc5cc4cc3cc2c1. The average molecular weight is 537 g/mol. The summed E-state index contributed by atoms with van der Waals surface area (Å²) < 4.78 is 0. The molecule has 192 valence electrons. The maximum Gasteiger partial charge on any atom is 0.206 e. The maximum absolute atomic E-state index is 4.96. The Labute approximate surface area is 235 Å². The summed E-state index contributed by atoms with van der Waals surface area (Å²) in [5.74, 6) is 0. The van der Waals surface area contributed by atoms with E-state index in [1.807, 2.05) is 12.1 Å². The van der Waals surface area contributed by atoms with Gasteiger partial charge in [0.2, 0.25) is 5.65 Å². The Morgan fingerprint density at radius 2 is 0.690 bits per heavy atom. The third-order valence-electron chi connectivity index (χ3n) is 8.18. The van der Waals surface area contributed by atoms with Crippen LogP contribution in [-0.4, -0.2) is 40.6 Å². The van der Waals surface area contributed by atoms with Crippen LogP contribution in [0.15, 0.2) is 97.1 Å². The lowest BCUT2D eigenvalue weighted by Gasteiger charge is -2.09. The van der Waals surface area contributed by atoms with E-state index in [0.29, 0.717) is 28.1 Å². The monoisotopic (exact) mass is 536 g/mol. The molecular weight excluding hydrogens is 520 g/mol. The van der Waals surface area contributed by atoms with Crippen molar-refractivity contribution in [1.29, 1.82) is 0 Å². The number of nitrogens with zero attached hydrogens (tertiary/aromatic N) is 8. The van der Waals surface area contributed by atoms with Gasteiger partial charge in [-0.15, -0.1) is 10.2 Å². The van der Waals surface area contributed by atoms with Crippen molar-refractivity contribution in [3.8, 4) is 0 Å². The zero-order chi connectivity index (χ0) is 27.4. The highest BCUT2D eigenvalue weighted by atomic mass is 15.4. The predicted molar refractivity (Wildman–Crippen MR) is 166 cm³/mol. The molecule has 0 N–H and O–H groups in total. The van der Waals surface area contributed by atoms with Crippen molar-refractivity contribution >= 4 is 98.3 Å². The lowest BCUT2D eigenvalue weighted by molar-refractivity contribution is 0.791. The second kappa shape index (κ2) is 7.80. The van der Waals surface area contributed by atoms with Crippen molar-refractivity contribution in [2.45, 2.75) is 0 Å². The molecule has 0 saturated carbocycles. The van der Waals surface area contributed by atoms with Gasteiger partial charge in [0.05, 0.1) is 5.52 Å². The molecule has 10 rings (SSSR count). The molecule has 8 nitrogen and oxygen atoms in total. The van der Waals surface area contributed by atoms with Crippen LogP contribution in [0, 0.1) is 0 Å². The normalized spacial score (nSPS) is 12.3. The van der Waals surface area contributed by atoms with E-state index in [4.69, 9.17) is 15.0 Å². The summed E-state index contributed by atoms with van der Waals surface area (Å²) in [6, 6.07) is 34.7. The average Bonchev–Trinajstić information content (AvgIpc) is 3.00. The van der Waals surface area contributed by atoms with E-state index in [2.05, 4.69) is 111 Å². The molecule has 0 atom stereocenters. The predicted octanol–water partition coefficient (Wildman–Crippen LogP) is 7.23. The molecule has 0 aliphatic carbocycles. The van der Waals surface area contributed by atoms with Crippen LogP contribution in [0.4, 0.5) is 0 Å². The molecule has 0 radical (unpaired) electrons. The van der Waals surface area contributed by atoms with Gasteiger partial charge in [0, 0.05) is 21.5 Å². The van der Waals surface area contributed by atoms with Crippen LogP contribution >= 0.6 is 0 Å². The molecule has 0 unspecified atom stereocenters. The van der Waals surface area contributed by atoms with Crippen molar-refractivity contribution in [3.63, 3.8) is 0 Å². The Morgan fingerprint density at radius 1 is 0.286 bits per heavy atom. The summed E-state index contributed by atoms with van der Waals surface area (Å²) in [4.78, 5) is 19.0. The third kappa shape index (κ3) is 3.17. The first-order chi connectivity index (χ1) is 20.7. The van der Waals surface area contributed by atoms with Gasteiger partial charge in [-0.2, -0.15) is 0 Å². The first-order valence-corrected chi connectivity index (χ1v) is 13.6. The molecule has 0 aliphatic rings. The van der Waals surface area contributed by atoms with Gasteiger partial charge in [-0.05, 0) is 126 Å². The first-order valence-electron chi connectivity index (χ1n) is 13.6. The van der Waals surface area contributed by atoms with Crippen LogP contribution in [0.1, 0.15) is 0 Å². The second-order valence-electron chi connectivity index (χ2n) is 10.8. The zero-order valence-corrected chi connectivity index (χ0v) is 21.8. The minimum Gasteiger partial charge on any atom is -0.228 e. The number of pyridine rings is 4. The Morgan fingerprint density at radius 3 is 1.33 bits per heavy atom. The lowest BCUT2D eigenvalue weighted by Crippen LogP contribution is -1.97. The van der Waals surface area contributed by atoms with Crippen molar-refractivity contribution in [2.24, 2.45) is 0 Å².